The molecule has 39 heavy (non-hydrogen) atoms. The molecule has 0 atom stereocenters. The Morgan fingerprint density at radius 3 is 2.59 bits per heavy atom. The van der Waals surface area contributed by atoms with Gasteiger partial charge in [-0.1, -0.05) is 42.1 Å². The number of carbonyl (C=O) groups excluding carboxylic acids is 2. The first kappa shape index (κ1) is 27.3. The van der Waals surface area contributed by atoms with Gasteiger partial charge < -0.3 is 15.4 Å². The second kappa shape index (κ2) is 12.2. The van der Waals surface area contributed by atoms with Gasteiger partial charge in [0.05, 0.1) is 35.7 Å². The molecule has 0 saturated heterocycles. The van der Waals surface area contributed by atoms with Crippen LogP contribution in [0.5, 0.6) is 5.75 Å². The molecule has 0 unspecified atom stereocenters. The Bertz CT molecular complexity index is 1540. The van der Waals surface area contributed by atoms with Gasteiger partial charge in [-0.25, -0.2) is 4.39 Å². The summed E-state index contributed by atoms with van der Waals surface area (Å²) in [6.07, 6.45) is 0. The van der Waals surface area contributed by atoms with Crippen molar-refractivity contribution >= 4 is 35.0 Å². The summed E-state index contributed by atoms with van der Waals surface area (Å²) in [6, 6.07) is 17.1. The molecule has 0 radical (unpaired) electrons. The van der Waals surface area contributed by atoms with Gasteiger partial charge in [-0.2, -0.15) is 0 Å². The van der Waals surface area contributed by atoms with Gasteiger partial charge >= 0.3 is 0 Å². The first-order valence-corrected chi connectivity index (χ1v) is 12.5. The molecule has 4 rings (SSSR count). The highest BCUT2D eigenvalue weighted by Gasteiger charge is 2.21. The number of rotatable bonds is 10. The minimum absolute atomic E-state index is 0.0639. The topological polar surface area (TPSA) is 141 Å². The minimum Gasteiger partial charge on any atom is -0.495 e. The lowest BCUT2D eigenvalue weighted by molar-refractivity contribution is -0.385. The van der Waals surface area contributed by atoms with E-state index in [1.54, 1.807) is 41.8 Å². The van der Waals surface area contributed by atoms with Crippen molar-refractivity contribution in [3.63, 3.8) is 0 Å². The fourth-order valence-electron chi connectivity index (χ4n) is 3.65. The molecular weight excluding hydrogens is 527 g/mol. The first-order valence-electron chi connectivity index (χ1n) is 11.6. The zero-order valence-electron chi connectivity index (χ0n) is 20.9. The average molecular weight is 551 g/mol. The van der Waals surface area contributed by atoms with E-state index in [0.29, 0.717) is 28.0 Å². The largest absolute Gasteiger partial charge is 0.495 e. The van der Waals surface area contributed by atoms with Crippen LogP contribution >= 0.6 is 11.8 Å². The number of amides is 2. The van der Waals surface area contributed by atoms with Crippen LogP contribution in [-0.4, -0.2) is 44.4 Å². The van der Waals surface area contributed by atoms with Crippen molar-refractivity contribution in [3.8, 4) is 11.4 Å². The number of nitrogens with zero attached hydrogens (tertiary/aromatic N) is 4. The standard InChI is InChI=1S/C26H23FN6O5S/c1-16-11-12-17(13-21(16)33(36)37)25(35)28-14-23-30-31-26(32(23)20-9-5-6-10-22(20)38-2)39-15-24(34)29-19-8-4-3-7-18(19)27/h3-13H,14-15H2,1-2H3,(H,28,35)(H,29,34). The lowest BCUT2D eigenvalue weighted by Gasteiger charge is -2.14. The Hall–Kier alpha value is -4.78. The van der Waals surface area contributed by atoms with E-state index in [-0.39, 0.29) is 29.2 Å². The van der Waals surface area contributed by atoms with Gasteiger partial charge in [0.15, 0.2) is 11.0 Å². The molecule has 0 aliphatic rings. The van der Waals surface area contributed by atoms with Gasteiger partial charge in [-0.15, -0.1) is 10.2 Å². The number of hydrogen-bond donors (Lipinski definition) is 2. The molecular formula is C26H23FN6O5S. The fourth-order valence-corrected chi connectivity index (χ4v) is 4.42. The van der Waals surface area contributed by atoms with Gasteiger partial charge in [0.1, 0.15) is 11.6 Å². The number of aromatic nitrogens is 3. The van der Waals surface area contributed by atoms with Crippen molar-refractivity contribution in [2.24, 2.45) is 0 Å². The summed E-state index contributed by atoms with van der Waals surface area (Å²) in [5.74, 6) is -0.809. The normalized spacial score (nSPS) is 10.6. The Balaban J connectivity index is 1.56. The third-order valence-corrected chi connectivity index (χ3v) is 6.51. The second-order valence-electron chi connectivity index (χ2n) is 8.16. The number of hydrogen-bond acceptors (Lipinski definition) is 8. The molecule has 200 valence electrons. The summed E-state index contributed by atoms with van der Waals surface area (Å²) in [5.41, 5.74) is 1.03. The van der Waals surface area contributed by atoms with E-state index < -0.39 is 22.6 Å². The molecule has 2 N–H and O–H groups in total. The predicted molar refractivity (Wildman–Crippen MR) is 143 cm³/mol. The number of anilines is 1. The van der Waals surface area contributed by atoms with Gasteiger partial charge in [0.25, 0.3) is 11.6 Å². The van der Waals surface area contributed by atoms with Crippen molar-refractivity contribution in [2.75, 3.05) is 18.2 Å². The number of nitro benzene ring substituents is 1. The van der Waals surface area contributed by atoms with Crippen molar-refractivity contribution in [1.29, 1.82) is 0 Å². The predicted octanol–water partition coefficient (Wildman–Crippen LogP) is 4.29. The van der Waals surface area contributed by atoms with E-state index in [1.807, 2.05) is 0 Å². The van der Waals surface area contributed by atoms with Crippen LogP contribution in [0, 0.1) is 22.9 Å². The summed E-state index contributed by atoms with van der Waals surface area (Å²) in [7, 11) is 1.50. The second-order valence-corrected chi connectivity index (χ2v) is 9.11. The Kier molecular flexibility index (Phi) is 8.51. The smallest absolute Gasteiger partial charge is 0.273 e. The van der Waals surface area contributed by atoms with E-state index in [0.717, 1.165) is 11.8 Å². The van der Waals surface area contributed by atoms with Crippen molar-refractivity contribution in [3.05, 3.63) is 99.6 Å². The van der Waals surface area contributed by atoms with E-state index in [9.17, 15) is 24.1 Å². The number of aryl methyl sites for hydroxylation is 1. The number of nitrogens with one attached hydrogen (secondary N) is 2. The van der Waals surface area contributed by atoms with Crippen LogP contribution in [0.15, 0.2) is 71.9 Å². The highest BCUT2D eigenvalue weighted by Crippen LogP contribution is 2.29. The third-order valence-electron chi connectivity index (χ3n) is 5.58. The summed E-state index contributed by atoms with van der Waals surface area (Å²) in [4.78, 5) is 36.0. The number of benzene rings is 3. The number of nitro groups is 1. The van der Waals surface area contributed by atoms with Gasteiger partial charge in [0.2, 0.25) is 5.91 Å². The first-order chi connectivity index (χ1) is 18.8. The Morgan fingerprint density at radius 2 is 1.85 bits per heavy atom. The number of carbonyl (C=O) groups is 2. The maximum absolute atomic E-state index is 13.9. The van der Waals surface area contributed by atoms with Crippen LogP contribution < -0.4 is 15.4 Å². The molecule has 1 heterocycles. The zero-order valence-corrected chi connectivity index (χ0v) is 21.7. The molecule has 0 spiro atoms. The van der Waals surface area contributed by atoms with Crippen LogP contribution in [0.2, 0.25) is 0 Å². The van der Waals surface area contributed by atoms with Crippen LogP contribution in [0.4, 0.5) is 15.8 Å². The highest BCUT2D eigenvalue weighted by atomic mass is 32.2. The molecule has 3 aromatic carbocycles. The van der Waals surface area contributed by atoms with E-state index in [4.69, 9.17) is 4.74 Å². The molecule has 0 aliphatic heterocycles. The van der Waals surface area contributed by atoms with Crippen molar-refractivity contribution < 1.29 is 23.6 Å². The molecule has 2 amide bonds. The molecule has 0 fully saturated rings. The summed E-state index contributed by atoms with van der Waals surface area (Å²) in [6.45, 7) is 1.51. The maximum atomic E-state index is 13.9. The maximum Gasteiger partial charge on any atom is 0.273 e. The average Bonchev–Trinajstić information content (AvgIpc) is 3.34. The molecule has 13 heteroatoms. The van der Waals surface area contributed by atoms with Crippen LogP contribution in [0.3, 0.4) is 0 Å². The number of halogens is 1. The Morgan fingerprint density at radius 1 is 1.10 bits per heavy atom. The molecule has 0 aliphatic carbocycles. The number of thioether (sulfide) groups is 1. The fraction of sp³-hybridized carbons (Fsp3) is 0.154. The number of methoxy groups -OCH3 is 1. The van der Waals surface area contributed by atoms with Gasteiger partial charge in [-0.05, 0) is 37.3 Å². The van der Waals surface area contributed by atoms with Crippen LogP contribution in [-0.2, 0) is 11.3 Å². The van der Waals surface area contributed by atoms with E-state index >= 15 is 0 Å². The van der Waals surface area contributed by atoms with Crippen molar-refractivity contribution in [1.82, 2.24) is 20.1 Å². The quantitative estimate of drug-likeness (QED) is 0.169. The van der Waals surface area contributed by atoms with E-state index in [2.05, 4.69) is 20.8 Å². The molecule has 0 saturated carbocycles. The van der Waals surface area contributed by atoms with Gasteiger partial charge in [-0.3, -0.25) is 24.3 Å². The molecule has 4 aromatic rings. The molecule has 0 bridgehead atoms. The van der Waals surface area contributed by atoms with E-state index in [1.165, 1.54) is 43.5 Å². The number of para-hydroxylation sites is 3. The summed E-state index contributed by atoms with van der Waals surface area (Å²) >= 11 is 1.06. The lowest BCUT2D eigenvalue weighted by atomic mass is 10.1. The summed E-state index contributed by atoms with van der Waals surface area (Å²) in [5, 5.41) is 25.2. The molecule has 11 nitrogen and oxygen atoms in total. The van der Waals surface area contributed by atoms with Gasteiger partial charge in [0, 0.05) is 17.2 Å². The molecule has 1 aromatic heterocycles. The minimum atomic E-state index is -0.551. The third kappa shape index (κ3) is 6.38. The lowest BCUT2D eigenvalue weighted by Crippen LogP contribution is -2.25. The zero-order chi connectivity index (χ0) is 27.9. The Labute approximate surface area is 226 Å². The van der Waals surface area contributed by atoms with Crippen molar-refractivity contribution in [2.45, 2.75) is 18.6 Å². The highest BCUT2D eigenvalue weighted by molar-refractivity contribution is 7.99. The summed E-state index contributed by atoms with van der Waals surface area (Å²) < 4.78 is 21.0. The SMILES string of the molecule is COc1ccccc1-n1c(CNC(=O)c2ccc(C)c([N+](=O)[O-])c2)nnc1SCC(=O)Nc1ccccc1F. The monoisotopic (exact) mass is 550 g/mol. The van der Waals surface area contributed by atoms with Crippen LogP contribution in [0.1, 0.15) is 21.7 Å². The number of ether oxygens (including phenoxy) is 1. The van der Waals surface area contributed by atoms with Crippen LogP contribution in [0.25, 0.3) is 5.69 Å².